The number of hydrogen-bond donors (Lipinski definition) is 2. The van der Waals surface area contributed by atoms with Gasteiger partial charge in [0.25, 0.3) is 0 Å². The van der Waals surface area contributed by atoms with Gasteiger partial charge in [-0.25, -0.2) is 0 Å². The smallest absolute Gasteiger partial charge is 0.225 e. The second-order valence-electron chi connectivity index (χ2n) is 7.85. The maximum Gasteiger partial charge on any atom is 0.225 e. The van der Waals surface area contributed by atoms with Gasteiger partial charge in [0, 0.05) is 38.6 Å². The van der Waals surface area contributed by atoms with Gasteiger partial charge in [0.05, 0.1) is 7.11 Å². The minimum Gasteiger partial charge on any atom is -0.497 e. The molecule has 162 valence electrons. The molecule has 0 bridgehead atoms. The van der Waals surface area contributed by atoms with Crippen molar-refractivity contribution >= 4 is 35.8 Å². The number of benzene rings is 1. The molecule has 0 aromatic heterocycles. The number of aryl methyl sites for hydroxylation is 1. The Balaban J connectivity index is 0.00000300. The first-order valence-electron chi connectivity index (χ1n) is 10.6. The second kappa shape index (κ2) is 12.2. The van der Waals surface area contributed by atoms with Crippen molar-refractivity contribution in [3.05, 3.63) is 29.8 Å². The summed E-state index contributed by atoms with van der Waals surface area (Å²) in [5.74, 6) is 2.36. The van der Waals surface area contributed by atoms with Gasteiger partial charge >= 0.3 is 0 Å². The van der Waals surface area contributed by atoms with Crippen LogP contribution in [0.2, 0.25) is 0 Å². The molecular formula is C22H35IN4O2. The van der Waals surface area contributed by atoms with Gasteiger partial charge < -0.3 is 20.3 Å². The molecule has 1 saturated carbocycles. The molecule has 0 spiro atoms. The average molecular weight is 514 g/mol. The Morgan fingerprint density at radius 1 is 1.28 bits per heavy atom. The van der Waals surface area contributed by atoms with Gasteiger partial charge in [0.2, 0.25) is 5.91 Å². The predicted molar refractivity (Wildman–Crippen MR) is 128 cm³/mol. The summed E-state index contributed by atoms with van der Waals surface area (Å²) >= 11 is 0. The third-order valence-corrected chi connectivity index (χ3v) is 5.84. The summed E-state index contributed by atoms with van der Waals surface area (Å²) < 4.78 is 5.28. The molecule has 1 aromatic rings. The van der Waals surface area contributed by atoms with Crippen LogP contribution in [0.1, 0.15) is 44.1 Å². The molecule has 1 amide bonds. The van der Waals surface area contributed by atoms with E-state index >= 15 is 0 Å². The number of carbonyl (C=O) groups excluding carboxylic acids is 1. The first-order chi connectivity index (χ1) is 13.7. The minimum atomic E-state index is 0. The number of guanidine groups is 1. The van der Waals surface area contributed by atoms with Gasteiger partial charge in [-0.1, -0.05) is 25.0 Å². The summed E-state index contributed by atoms with van der Waals surface area (Å²) in [6, 6.07) is 8.50. The molecule has 0 radical (unpaired) electrons. The average Bonchev–Trinajstić information content (AvgIpc) is 3.42. The fourth-order valence-electron chi connectivity index (χ4n) is 4.22. The minimum absolute atomic E-state index is 0. The van der Waals surface area contributed by atoms with Crippen molar-refractivity contribution in [2.75, 3.05) is 33.8 Å². The number of rotatable bonds is 7. The Kier molecular flexibility index (Phi) is 10.0. The van der Waals surface area contributed by atoms with Crippen LogP contribution in [-0.2, 0) is 11.2 Å². The predicted octanol–water partition coefficient (Wildman–Crippen LogP) is 3.20. The van der Waals surface area contributed by atoms with E-state index in [2.05, 4.69) is 27.8 Å². The van der Waals surface area contributed by atoms with Gasteiger partial charge in [-0.15, -0.1) is 24.0 Å². The van der Waals surface area contributed by atoms with Crippen LogP contribution in [0.4, 0.5) is 0 Å². The lowest BCUT2D eigenvalue weighted by Crippen LogP contribution is -2.45. The first-order valence-corrected chi connectivity index (χ1v) is 10.6. The summed E-state index contributed by atoms with van der Waals surface area (Å²) in [6.45, 7) is 2.51. The van der Waals surface area contributed by atoms with E-state index in [1.165, 1.54) is 18.4 Å². The summed E-state index contributed by atoms with van der Waals surface area (Å²) in [5.41, 5.74) is 1.28. The highest BCUT2D eigenvalue weighted by Gasteiger charge is 2.32. The topological polar surface area (TPSA) is 66.0 Å². The molecule has 2 fully saturated rings. The molecule has 7 heteroatoms. The van der Waals surface area contributed by atoms with Crippen LogP contribution in [0.15, 0.2) is 29.3 Å². The monoisotopic (exact) mass is 514 g/mol. The number of likely N-dealkylation sites (tertiary alicyclic amines) is 1. The number of aliphatic imine (C=N–C) groups is 1. The van der Waals surface area contributed by atoms with Crippen LogP contribution >= 0.6 is 24.0 Å². The number of halogens is 1. The molecule has 2 aliphatic rings. The van der Waals surface area contributed by atoms with Crippen molar-refractivity contribution in [3.8, 4) is 5.75 Å². The van der Waals surface area contributed by atoms with Gasteiger partial charge in [-0.2, -0.15) is 0 Å². The highest BCUT2D eigenvalue weighted by atomic mass is 127. The van der Waals surface area contributed by atoms with E-state index in [1.54, 1.807) is 14.2 Å². The van der Waals surface area contributed by atoms with Gasteiger partial charge in [0.15, 0.2) is 5.96 Å². The zero-order chi connectivity index (χ0) is 19.8. The molecule has 6 nitrogen and oxygen atoms in total. The standard InChI is InChI=1S/C22H34N4O2.HI/c1-23-22(24-13-6-8-17-7-5-11-20(15-17)28-2)25-19-12-14-26(16-19)21(27)18-9-3-4-10-18;/h5,7,11,15,18-19H,3-4,6,8-10,12-14,16H2,1-2H3,(H2,23,24,25);1H. The third-order valence-electron chi connectivity index (χ3n) is 5.84. The molecule has 1 aliphatic carbocycles. The zero-order valence-corrected chi connectivity index (χ0v) is 20.0. The van der Waals surface area contributed by atoms with Crippen LogP contribution in [0.25, 0.3) is 0 Å². The molecule has 1 heterocycles. The van der Waals surface area contributed by atoms with E-state index in [0.717, 1.165) is 63.4 Å². The van der Waals surface area contributed by atoms with Crippen molar-refractivity contribution < 1.29 is 9.53 Å². The number of nitrogens with one attached hydrogen (secondary N) is 2. The van der Waals surface area contributed by atoms with Gasteiger partial charge in [0.1, 0.15) is 5.75 Å². The lowest BCUT2D eigenvalue weighted by molar-refractivity contribution is -0.134. The van der Waals surface area contributed by atoms with Crippen molar-refractivity contribution in [2.24, 2.45) is 10.9 Å². The highest BCUT2D eigenvalue weighted by Crippen LogP contribution is 2.27. The fourth-order valence-corrected chi connectivity index (χ4v) is 4.22. The second-order valence-corrected chi connectivity index (χ2v) is 7.85. The van der Waals surface area contributed by atoms with Gasteiger partial charge in [-0.05, 0) is 49.8 Å². The van der Waals surface area contributed by atoms with Crippen molar-refractivity contribution in [3.63, 3.8) is 0 Å². The van der Waals surface area contributed by atoms with Crippen LogP contribution in [0, 0.1) is 5.92 Å². The molecule has 2 N–H and O–H groups in total. The number of amides is 1. The normalized spacial score (nSPS) is 19.7. The van der Waals surface area contributed by atoms with Crippen LogP contribution in [0.3, 0.4) is 0 Å². The van der Waals surface area contributed by atoms with Crippen molar-refractivity contribution in [1.29, 1.82) is 0 Å². The molecule has 1 atom stereocenters. The Bertz CT molecular complexity index is 677. The maximum atomic E-state index is 12.6. The fraction of sp³-hybridized carbons (Fsp3) is 0.636. The van der Waals surface area contributed by atoms with Crippen LogP contribution in [-0.4, -0.2) is 56.6 Å². The number of nitrogens with zero attached hydrogens (tertiary/aromatic N) is 2. The third kappa shape index (κ3) is 7.04. The lowest BCUT2D eigenvalue weighted by Gasteiger charge is -2.21. The molecule has 1 saturated heterocycles. The molecule has 1 aliphatic heterocycles. The Labute approximate surface area is 191 Å². The quantitative estimate of drug-likeness (QED) is 0.254. The van der Waals surface area contributed by atoms with E-state index in [4.69, 9.17) is 4.74 Å². The number of methoxy groups -OCH3 is 1. The largest absolute Gasteiger partial charge is 0.497 e. The molecule has 1 aromatic carbocycles. The van der Waals surface area contributed by atoms with E-state index in [-0.39, 0.29) is 35.9 Å². The van der Waals surface area contributed by atoms with E-state index in [0.29, 0.717) is 5.91 Å². The van der Waals surface area contributed by atoms with Crippen LogP contribution in [0.5, 0.6) is 5.75 Å². The van der Waals surface area contributed by atoms with Gasteiger partial charge in [-0.3, -0.25) is 9.79 Å². The van der Waals surface area contributed by atoms with E-state index in [1.807, 2.05) is 17.0 Å². The lowest BCUT2D eigenvalue weighted by atomic mass is 10.1. The number of hydrogen-bond acceptors (Lipinski definition) is 3. The molecule has 29 heavy (non-hydrogen) atoms. The van der Waals surface area contributed by atoms with E-state index in [9.17, 15) is 4.79 Å². The maximum absolute atomic E-state index is 12.6. The van der Waals surface area contributed by atoms with Crippen molar-refractivity contribution in [1.82, 2.24) is 15.5 Å². The zero-order valence-electron chi connectivity index (χ0n) is 17.7. The van der Waals surface area contributed by atoms with Crippen molar-refractivity contribution in [2.45, 2.75) is 51.0 Å². The molecular weight excluding hydrogens is 479 g/mol. The summed E-state index contributed by atoms with van der Waals surface area (Å²) in [6.07, 6.45) is 7.56. The van der Waals surface area contributed by atoms with E-state index < -0.39 is 0 Å². The number of ether oxygens (including phenoxy) is 1. The summed E-state index contributed by atoms with van der Waals surface area (Å²) in [7, 11) is 3.50. The Morgan fingerprint density at radius 2 is 2.07 bits per heavy atom. The Morgan fingerprint density at radius 3 is 2.79 bits per heavy atom. The first kappa shape index (κ1) is 23.8. The number of carbonyl (C=O) groups is 1. The molecule has 3 rings (SSSR count). The van der Waals surface area contributed by atoms with Crippen LogP contribution < -0.4 is 15.4 Å². The molecule has 1 unspecified atom stereocenters. The summed E-state index contributed by atoms with van der Waals surface area (Å²) in [4.78, 5) is 19.0. The Hall–Kier alpha value is -1.51. The SMILES string of the molecule is CN=C(NCCCc1cccc(OC)c1)NC1CCN(C(=O)C2CCCC2)C1.I. The highest BCUT2D eigenvalue weighted by molar-refractivity contribution is 14.0. The summed E-state index contributed by atoms with van der Waals surface area (Å²) in [5, 5.41) is 6.88.